The minimum absolute atomic E-state index is 1.07. The molecule has 0 spiro atoms. The van der Waals surface area contributed by atoms with Crippen molar-refractivity contribution in [2.24, 2.45) is 0 Å². The Bertz CT molecular complexity index is 445. The molecule has 0 N–H and O–H groups in total. The molecule has 0 radical (unpaired) electrons. The van der Waals surface area contributed by atoms with Gasteiger partial charge < -0.3 is 0 Å². The Labute approximate surface area is 85.5 Å². The Balaban J connectivity index is 2.61. The third kappa shape index (κ3) is 1.62. The molecular formula is C10H9NS2. The minimum atomic E-state index is 1.07. The van der Waals surface area contributed by atoms with Crippen LogP contribution < -0.4 is 0 Å². The van der Waals surface area contributed by atoms with Crippen molar-refractivity contribution in [2.75, 3.05) is 0 Å². The molecule has 0 unspecified atom stereocenters. The molecule has 0 saturated heterocycles. The van der Waals surface area contributed by atoms with E-state index in [2.05, 4.69) is 36.7 Å². The lowest BCUT2D eigenvalue weighted by atomic mass is 10.2. The number of aryl methyl sites for hydroxylation is 1. The lowest BCUT2D eigenvalue weighted by Crippen LogP contribution is -1.73. The molecule has 2 aromatic rings. The van der Waals surface area contributed by atoms with Gasteiger partial charge in [-0.2, -0.15) is 0 Å². The van der Waals surface area contributed by atoms with Gasteiger partial charge in [-0.05, 0) is 24.0 Å². The number of thioether (sulfide) groups is 1. The van der Waals surface area contributed by atoms with E-state index in [9.17, 15) is 0 Å². The average Bonchev–Trinajstić information content (AvgIpc) is 2.49. The van der Waals surface area contributed by atoms with Crippen LogP contribution in [0.1, 0.15) is 5.56 Å². The molecule has 2 rings (SSSR count). The van der Waals surface area contributed by atoms with Gasteiger partial charge in [0.05, 0.1) is 10.2 Å². The molecule has 13 heavy (non-hydrogen) atoms. The Morgan fingerprint density at radius 2 is 2.38 bits per heavy atom. The van der Waals surface area contributed by atoms with Gasteiger partial charge in [0, 0.05) is 0 Å². The van der Waals surface area contributed by atoms with Crippen molar-refractivity contribution in [3.8, 4) is 0 Å². The number of rotatable bonds is 2. The number of thiazole rings is 1. The second kappa shape index (κ2) is 3.52. The molecule has 3 heteroatoms. The number of para-hydroxylation sites is 1. The molecule has 0 atom stereocenters. The predicted molar refractivity (Wildman–Crippen MR) is 60.4 cm³/mol. The first kappa shape index (κ1) is 8.78. The zero-order valence-electron chi connectivity index (χ0n) is 7.28. The zero-order valence-corrected chi connectivity index (χ0v) is 8.91. The van der Waals surface area contributed by atoms with Crippen LogP contribution in [0.2, 0.25) is 0 Å². The number of hydrogen-bond donors (Lipinski definition) is 0. The second-order valence-corrected chi connectivity index (χ2v) is 4.93. The number of nitrogens with zero attached hydrogens (tertiary/aromatic N) is 1. The van der Waals surface area contributed by atoms with Gasteiger partial charge in [0.25, 0.3) is 0 Å². The maximum Gasteiger partial charge on any atom is 0.155 e. The molecule has 1 aromatic heterocycles. The van der Waals surface area contributed by atoms with Crippen molar-refractivity contribution in [1.82, 2.24) is 4.98 Å². The maximum absolute atomic E-state index is 4.51. The van der Waals surface area contributed by atoms with Gasteiger partial charge in [-0.25, -0.2) is 4.98 Å². The van der Waals surface area contributed by atoms with Crippen LogP contribution in [-0.2, 0) is 0 Å². The fourth-order valence-electron chi connectivity index (χ4n) is 1.19. The minimum Gasteiger partial charge on any atom is -0.229 e. The molecule has 0 aliphatic carbocycles. The topological polar surface area (TPSA) is 12.9 Å². The van der Waals surface area contributed by atoms with Gasteiger partial charge >= 0.3 is 0 Å². The monoisotopic (exact) mass is 207 g/mol. The predicted octanol–water partition coefficient (Wildman–Crippen LogP) is 3.84. The van der Waals surface area contributed by atoms with Crippen molar-refractivity contribution < 1.29 is 0 Å². The van der Waals surface area contributed by atoms with Crippen LogP contribution in [0.4, 0.5) is 0 Å². The molecule has 0 amide bonds. The Hall–Kier alpha value is -0.800. The van der Waals surface area contributed by atoms with Crippen molar-refractivity contribution >= 4 is 33.3 Å². The lowest BCUT2D eigenvalue weighted by molar-refractivity contribution is 1.29. The van der Waals surface area contributed by atoms with E-state index in [0.717, 1.165) is 9.86 Å². The summed E-state index contributed by atoms with van der Waals surface area (Å²) in [5.74, 6) is 0. The maximum atomic E-state index is 4.51. The molecule has 66 valence electrons. The fourth-order valence-corrected chi connectivity index (χ4v) is 2.91. The number of fused-ring (bicyclic) bond motifs is 1. The first-order valence-electron chi connectivity index (χ1n) is 3.95. The van der Waals surface area contributed by atoms with Gasteiger partial charge in [0.15, 0.2) is 4.34 Å². The summed E-state index contributed by atoms with van der Waals surface area (Å²) in [5, 5.41) is 1.81. The zero-order chi connectivity index (χ0) is 9.26. The average molecular weight is 207 g/mol. The van der Waals surface area contributed by atoms with Crippen molar-refractivity contribution in [3.63, 3.8) is 0 Å². The summed E-state index contributed by atoms with van der Waals surface area (Å²) in [5.41, 5.74) is 2.36. The highest BCUT2D eigenvalue weighted by atomic mass is 32.2. The smallest absolute Gasteiger partial charge is 0.155 e. The van der Waals surface area contributed by atoms with E-state index in [0.29, 0.717) is 0 Å². The normalized spacial score (nSPS) is 10.5. The first-order chi connectivity index (χ1) is 6.31. The van der Waals surface area contributed by atoms with E-state index in [1.807, 2.05) is 5.41 Å². The van der Waals surface area contributed by atoms with E-state index >= 15 is 0 Å². The van der Waals surface area contributed by atoms with E-state index in [1.165, 1.54) is 10.3 Å². The van der Waals surface area contributed by atoms with E-state index in [4.69, 9.17) is 0 Å². The van der Waals surface area contributed by atoms with Crippen LogP contribution in [0, 0.1) is 6.92 Å². The lowest BCUT2D eigenvalue weighted by Gasteiger charge is -1.90. The highest BCUT2D eigenvalue weighted by Crippen LogP contribution is 2.30. The summed E-state index contributed by atoms with van der Waals surface area (Å²) < 4.78 is 2.32. The number of hydrogen-bond acceptors (Lipinski definition) is 3. The Morgan fingerprint density at radius 3 is 3.08 bits per heavy atom. The Morgan fingerprint density at radius 1 is 1.54 bits per heavy atom. The van der Waals surface area contributed by atoms with Gasteiger partial charge in [-0.15, -0.1) is 11.3 Å². The molecule has 1 heterocycles. The summed E-state index contributed by atoms with van der Waals surface area (Å²) in [7, 11) is 0. The second-order valence-electron chi connectivity index (χ2n) is 2.69. The van der Waals surface area contributed by atoms with E-state index in [1.54, 1.807) is 23.1 Å². The van der Waals surface area contributed by atoms with Crippen molar-refractivity contribution in [3.05, 3.63) is 35.7 Å². The number of benzene rings is 1. The molecule has 1 aromatic carbocycles. The summed E-state index contributed by atoms with van der Waals surface area (Å²) in [6, 6.07) is 6.26. The summed E-state index contributed by atoms with van der Waals surface area (Å²) in [6.07, 6.45) is 0. The van der Waals surface area contributed by atoms with E-state index < -0.39 is 0 Å². The first-order valence-corrected chi connectivity index (χ1v) is 5.64. The third-order valence-corrected chi connectivity index (χ3v) is 3.60. The fraction of sp³-hybridized carbons (Fsp3) is 0.100. The summed E-state index contributed by atoms with van der Waals surface area (Å²) in [4.78, 5) is 4.51. The quantitative estimate of drug-likeness (QED) is 0.694. The largest absolute Gasteiger partial charge is 0.229 e. The standard InChI is InChI=1S/C10H9NS2/c1-3-12-10-11-9-7(2)5-4-6-8(9)13-10/h3-6H,1H2,2H3. The molecule has 0 saturated carbocycles. The third-order valence-electron chi connectivity index (χ3n) is 1.79. The van der Waals surface area contributed by atoms with Crippen molar-refractivity contribution in [2.45, 2.75) is 11.3 Å². The summed E-state index contributed by atoms with van der Waals surface area (Å²) in [6.45, 7) is 5.77. The highest BCUT2D eigenvalue weighted by molar-refractivity contribution is 8.03. The van der Waals surface area contributed by atoms with Crippen LogP contribution in [0.3, 0.4) is 0 Å². The van der Waals surface area contributed by atoms with Crippen LogP contribution in [0.5, 0.6) is 0 Å². The molecule has 0 aliphatic heterocycles. The SMILES string of the molecule is C=CSc1nc2c(C)cccc2s1. The van der Waals surface area contributed by atoms with Crippen LogP contribution in [0.15, 0.2) is 34.5 Å². The Kier molecular flexibility index (Phi) is 2.38. The van der Waals surface area contributed by atoms with Crippen molar-refractivity contribution in [1.29, 1.82) is 0 Å². The van der Waals surface area contributed by atoms with E-state index in [-0.39, 0.29) is 0 Å². The van der Waals surface area contributed by atoms with Crippen LogP contribution >= 0.6 is 23.1 Å². The van der Waals surface area contributed by atoms with Gasteiger partial charge in [-0.1, -0.05) is 30.5 Å². The van der Waals surface area contributed by atoms with Crippen LogP contribution in [0.25, 0.3) is 10.2 Å². The summed E-state index contributed by atoms with van der Waals surface area (Å²) >= 11 is 3.30. The molecule has 0 bridgehead atoms. The highest BCUT2D eigenvalue weighted by Gasteiger charge is 2.03. The van der Waals surface area contributed by atoms with Gasteiger partial charge in [-0.3, -0.25) is 0 Å². The van der Waals surface area contributed by atoms with Gasteiger partial charge in [0.2, 0.25) is 0 Å². The van der Waals surface area contributed by atoms with Crippen LogP contribution in [-0.4, -0.2) is 4.98 Å². The molecule has 0 aliphatic rings. The molecule has 1 nitrogen and oxygen atoms in total. The number of aromatic nitrogens is 1. The molecular weight excluding hydrogens is 198 g/mol. The molecule has 0 fully saturated rings. The van der Waals surface area contributed by atoms with Gasteiger partial charge in [0.1, 0.15) is 0 Å².